The summed E-state index contributed by atoms with van der Waals surface area (Å²) in [5.74, 6) is -0.233. The van der Waals surface area contributed by atoms with Crippen LogP contribution in [-0.4, -0.2) is 42.9 Å². The van der Waals surface area contributed by atoms with Gasteiger partial charge in [-0.2, -0.15) is 0 Å². The van der Waals surface area contributed by atoms with E-state index >= 15 is 0 Å². The van der Waals surface area contributed by atoms with Gasteiger partial charge in [0.2, 0.25) is 0 Å². The van der Waals surface area contributed by atoms with Gasteiger partial charge in [0.25, 0.3) is 11.7 Å². The maximum absolute atomic E-state index is 13.3. The summed E-state index contributed by atoms with van der Waals surface area (Å²) in [6.07, 6.45) is 1.53. The van der Waals surface area contributed by atoms with Crippen molar-refractivity contribution in [2.45, 2.75) is 32.4 Å². The molecule has 2 aromatic carbocycles. The molecule has 1 atom stereocenters. The van der Waals surface area contributed by atoms with E-state index in [1.807, 2.05) is 63.2 Å². The maximum Gasteiger partial charge on any atom is 0.296 e. The first-order valence-electron chi connectivity index (χ1n) is 11.5. The van der Waals surface area contributed by atoms with E-state index in [2.05, 4.69) is 0 Å². The molecule has 1 fully saturated rings. The van der Waals surface area contributed by atoms with E-state index in [1.165, 1.54) is 11.2 Å². The number of hydrogen-bond acceptors (Lipinski definition) is 6. The fourth-order valence-electron chi connectivity index (χ4n) is 4.40. The fourth-order valence-corrected chi connectivity index (χ4v) is 4.40. The molecule has 0 spiro atoms. The molecule has 4 rings (SSSR count). The summed E-state index contributed by atoms with van der Waals surface area (Å²) in [4.78, 5) is 29.9. The highest BCUT2D eigenvalue weighted by molar-refractivity contribution is 6.46. The second-order valence-electron chi connectivity index (χ2n) is 9.10. The van der Waals surface area contributed by atoms with Crippen LogP contribution in [-0.2, 0) is 16.1 Å². The van der Waals surface area contributed by atoms with Crippen LogP contribution in [0.15, 0.2) is 70.9 Å². The molecule has 1 N–H and O–H groups in total. The van der Waals surface area contributed by atoms with Gasteiger partial charge in [-0.25, -0.2) is 0 Å². The normalized spacial score (nSPS) is 17.3. The SMILES string of the molecule is COc1ccc(/C(O)=C2/C(=O)C(=O)N(Cc3ccco3)C2c2ccc(N(C)C)cc2)cc1C(C)C. The summed E-state index contributed by atoms with van der Waals surface area (Å²) < 4.78 is 10.9. The van der Waals surface area contributed by atoms with Crippen LogP contribution in [0.25, 0.3) is 5.76 Å². The van der Waals surface area contributed by atoms with Crippen molar-refractivity contribution in [2.75, 3.05) is 26.1 Å². The molecule has 7 heteroatoms. The highest BCUT2D eigenvalue weighted by Gasteiger charge is 2.46. The molecule has 3 aromatic rings. The predicted molar refractivity (Wildman–Crippen MR) is 134 cm³/mol. The van der Waals surface area contributed by atoms with Crippen LogP contribution in [0.5, 0.6) is 5.75 Å². The predicted octanol–water partition coefficient (Wildman–Crippen LogP) is 5.10. The molecule has 0 aliphatic carbocycles. The Labute approximate surface area is 205 Å². The number of furan rings is 1. The summed E-state index contributed by atoms with van der Waals surface area (Å²) >= 11 is 0. The summed E-state index contributed by atoms with van der Waals surface area (Å²) in [6, 6.07) is 15.6. The quantitative estimate of drug-likeness (QED) is 0.291. The zero-order valence-electron chi connectivity index (χ0n) is 20.6. The lowest BCUT2D eigenvalue weighted by Gasteiger charge is -2.25. The molecule has 35 heavy (non-hydrogen) atoms. The first kappa shape index (κ1) is 24.1. The number of rotatable bonds is 7. The summed E-state index contributed by atoms with van der Waals surface area (Å²) in [6.45, 7) is 4.15. The average Bonchev–Trinajstić information content (AvgIpc) is 3.45. The second kappa shape index (κ2) is 9.70. The Morgan fingerprint density at radius 2 is 1.83 bits per heavy atom. The maximum atomic E-state index is 13.3. The average molecular weight is 475 g/mol. The topological polar surface area (TPSA) is 83.2 Å². The van der Waals surface area contributed by atoms with Gasteiger partial charge >= 0.3 is 0 Å². The number of likely N-dealkylation sites (tertiary alicyclic amines) is 1. The van der Waals surface area contributed by atoms with Gasteiger partial charge in [0, 0.05) is 25.3 Å². The minimum atomic E-state index is -0.763. The Hall–Kier alpha value is -4.00. The van der Waals surface area contributed by atoms with Crippen LogP contribution in [0.4, 0.5) is 5.69 Å². The number of ketones is 1. The number of benzene rings is 2. The number of methoxy groups -OCH3 is 1. The van der Waals surface area contributed by atoms with Crippen molar-refractivity contribution in [2.24, 2.45) is 0 Å². The fraction of sp³-hybridized carbons (Fsp3) is 0.286. The van der Waals surface area contributed by atoms with E-state index in [4.69, 9.17) is 9.15 Å². The van der Waals surface area contributed by atoms with E-state index < -0.39 is 17.7 Å². The first-order chi connectivity index (χ1) is 16.7. The zero-order chi connectivity index (χ0) is 25.3. The lowest BCUT2D eigenvalue weighted by Crippen LogP contribution is -2.29. The van der Waals surface area contributed by atoms with Crippen molar-refractivity contribution in [3.8, 4) is 5.75 Å². The molecule has 1 aromatic heterocycles. The number of ether oxygens (including phenoxy) is 1. The Morgan fingerprint density at radius 3 is 2.40 bits per heavy atom. The van der Waals surface area contributed by atoms with Gasteiger partial charge < -0.3 is 24.1 Å². The molecule has 0 bridgehead atoms. The van der Waals surface area contributed by atoms with E-state index in [9.17, 15) is 14.7 Å². The standard InChI is InChI=1S/C28H30N2O5/c1-17(2)22-15-19(10-13-23(22)34-5)26(31)24-25(18-8-11-20(12-9-18)29(3)4)30(28(33)27(24)32)16-21-7-6-14-35-21/h6-15,17,25,31H,16H2,1-5H3/b26-24-. The molecule has 1 saturated heterocycles. The molecule has 1 aliphatic rings. The Kier molecular flexibility index (Phi) is 6.69. The number of anilines is 1. The molecule has 7 nitrogen and oxygen atoms in total. The number of Topliss-reactive ketones (excluding diaryl/α,β-unsaturated/α-hetero) is 1. The van der Waals surface area contributed by atoms with Crippen LogP contribution in [0, 0.1) is 0 Å². The van der Waals surface area contributed by atoms with Crippen LogP contribution in [0.1, 0.15) is 48.3 Å². The number of carbonyl (C=O) groups excluding carboxylic acids is 2. The van der Waals surface area contributed by atoms with E-state index in [0.29, 0.717) is 17.1 Å². The van der Waals surface area contributed by atoms with Crippen molar-refractivity contribution in [3.05, 3.63) is 88.9 Å². The van der Waals surface area contributed by atoms with Crippen molar-refractivity contribution in [1.29, 1.82) is 0 Å². The largest absolute Gasteiger partial charge is 0.507 e. The zero-order valence-corrected chi connectivity index (χ0v) is 20.6. The van der Waals surface area contributed by atoms with Crippen LogP contribution in [0.2, 0.25) is 0 Å². The second-order valence-corrected chi connectivity index (χ2v) is 9.10. The third-order valence-corrected chi connectivity index (χ3v) is 6.30. The monoisotopic (exact) mass is 474 g/mol. The Balaban J connectivity index is 1.87. The minimum absolute atomic E-state index is 0.0547. The molecule has 1 unspecified atom stereocenters. The Morgan fingerprint density at radius 1 is 1.11 bits per heavy atom. The number of amides is 1. The smallest absolute Gasteiger partial charge is 0.296 e. The van der Waals surface area contributed by atoms with E-state index in [0.717, 1.165) is 16.8 Å². The summed E-state index contributed by atoms with van der Waals surface area (Å²) in [7, 11) is 5.47. The summed E-state index contributed by atoms with van der Waals surface area (Å²) in [5.41, 5.74) is 3.11. The van der Waals surface area contributed by atoms with Gasteiger partial charge in [-0.3, -0.25) is 9.59 Å². The van der Waals surface area contributed by atoms with Gasteiger partial charge in [0.15, 0.2) is 0 Å². The lowest BCUT2D eigenvalue weighted by atomic mass is 9.93. The third-order valence-electron chi connectivity index (χ3n) is 6.30. The van der Waals surface area contributed by atoms with Gasteiger partial charge in [-0.15, -0.1) is 0 Å². The van der Waals surface area contributed by atoms with Gasteiger partial charge in [0.1, 0.15) is 17.3 Å². The van der Waals surface area contributed by atoms with E-state index in [1.54, 1.807) is 31.4 Å². The van der Waals surface area contributed by atoms with E-state index in [-0.39, 0.29) is 23.8 Å². The third kappa shape index (κ3) is 4.54. The van der Waals surface area contributed by atoms with Gasteiger partial charge in [0.05, 0.1) is 31.5 Å². The molecule has 0 saturated carbocycles. The van der Waals surface area contributed by atoms with Gasteiger partial charge in [-0.05, 0) is 59.5 Å². The number of nitrogens with zero attached hydrogens (tertiary/aromatic N) is 2. The minimum Gasteiger partial charge on any atom is -0.507 e. The molecule has 182 valence electrons. The molecule has 1 aliphatic heterocycles. The highest BCUT2D eigenvalue weighted by atomic mass is 16.5. The van der Waals surface area contributed by atoms with Crippen LogP contribution in [0.3, 0.4) is 0 Å². The molecule has 1 amide bonds. The number of hydrogen-bond donors (Lipinski definition) is 1. The van der Waals surface area contributed by atoms with Gasteiger partial charge in [-0.1, -0.05) is 26.0 Å². The van der Waals surface area contributed by atoms with Crippen molar-refractivity contribution in [1.82, 2.24) is 4.90 Å². The molecular formula is C28H30N2O5. The first-order valence-corrected chi connectivity index (χ1v) is 11.5. The van der Waals surface area contributed by atoms with Crippen molar-refractivity contribution >= 4 is 23.1 Å². The lowest BCUT2D eigenvalue weighted by molar-refractivity contribution is -0.140. The van der Waals surface area contributed by atoms with Crippen LogP contribution < -0.4 is 9.64 Å². The molecule has 2 heterocycles. The number of carbonyl (C=O) groups is 2. The molecule has 0 radical (unpaired) electrons. The molecular weight excluding hydrogens is 444 g/mol. The summed E-state index contributed by atoms with van der Waals surface area (Å²) in [5, 5.41) is 11.4. The Bertz CT molecular complexity index is 1260. The van der Waals surface area contributed by atoms with Crippen LogP contribution >= 0.6 is 0 Å². The van der Waals surface area contributed by atoms with Crippen molar-refractivity contribution in [3.63, 3.8) is 0 Å². The number of aliphatic hydroxyl groups is 1. The number of aliphatic hydroxyl groups excluding tert-OH is 1. The van der Waals surface area contributed by atoms with Crippen molar-refractivity contribution < 1.29 is 23.8 Å². The highest BCUT2D eigenvalue weighted by Crippen LogP contribution is 2.41.